The molecule has 8 heteroatoms. The molecule has 0 saturated carbocycles. The van der Waals surface area contributed by atoms with Crippen molar-refractivity contribution in [1.29, 1.82) is 0 Å². The molecule has 0 bridgehead atoms. The van der Waals surface area contributed by atoms with E-state index < -0.39 is 5.91 Å². The second kappa shape index (κ2) is 8.83. The maximum atomic E-state index is 12.4. The molecular weight excluding hydrogens is 372 g/mol. The van der Waals surface area contributed by atoms with Gasteiger partial charge in [0.15, 0.2) is 0 Å². The minimum atomic E-state index is -0.431. The molecule has 1 heterocycles. The van der Waals surface area contributed by atoms with Crippen molar-refractivity contribution in [3.63, 3.8) is 0 Å². The van der Waals surface area contributed by atoms with E-state index in [0.29, 0.717) is 22.8 Å². The summed E-state index contributed by atoms with van der Waals surface area (Å²) < 4.78 is 6.45. The lowest BCUT2D eigenvalue weighted by molar-refractivity contribution is -0.117. The summed E-state index contributed by atoms with van der Waals surface area (Å²) in [5.74, 6) is -0.236. The molecule has 0 fully saturated rings. The van der Waals surface area contributed by atoms with E-state index in [9.17, 15) is 14.4 Å². The maximum absolute atomic E-state index is 12.4. The number of carbonyl (C=O) groups excluding carboxylic acids is 2. The Bertz CT molecular complexity index is 1090. The van der Waals surface area contributed by atoms with Crippen LogP contribution in [0.5, 0.6) is 5.75 Å². The number of nitrogens with one attached hydrogen (secondary N) is 2. The lowest BCUT2D eigenvalue weighted by atomic mass is 10.1. The van der Waals surface area contributed by atoms with Gasteiger partial charge in [0.05, 0.1) is 24.8 Å². The van der Waals surface area contributed by atoms with Crippen molar-refractivity contribution in [2.45, 2.75) is 13.5 Å². The number of hydrogen-bond acceptors (Lipinski definition) is 5. The Morgan fingerprint density at radius 2 is 1.83 bits per heavy atom. The molecule has 1 aromatic heterocycles. The SMILES string of the molecule is COc1ccc(NC(C)=O)cc1NC(=O)Cn1cnc(-c2ccccc2)cc1=O. The van der Waals surface area contributed by atoms with Gasteiger partial charge in [-0.2, -0.15) is 0 Å². The van der Waals surface area contributed by atoms with Gasteiger partial charge < -0.3 is 15.4 Å². The maximum Gasteiger partial charge on any atom is 0.254 e. The van der Waals surface area contributed by atoms with E-state index in [2.05, 4.69) is 15.6 Å². The number of carbonyl (C=O) groups is 2. The molecule has 0 aliphatic heterocycles. The van der Waals surface area contributed by atoms with Crippen molar-refractivity contribution in [1.82, 2.24) is 9.55 Å². The topological polar surface area (TPSA) is 102 Å². The molecule has 0 aliphatic rings. The third kappa shape index (κ3) is 5.07. The van der Waals surface area contributed by atoms with E-state index in [4.69, 9.17) is 4.74 Å². The summed E-state index contributed by atoms with van der Waals surface area (Å²) in [6, 6.07) is 15.6. The summed E-state index contributed by atoms with van der Waals surface area (Å²) in [5.41, 5.74) is 1.91. The molecule has 148 valence electrons. The molecule has 8 nitrogen and oxygen atoms in total. The van der Waals surface area contributed by atoms with Crippen molar-refractivity contribution in [2.75, 3.05) is 17.7 Å². The molecule has 2 aromatic carbocycles. The number of amides is 2. The highest BCUT2D eigenvalue weighted by Gasteiger charge is 2.11. The smallest absolute Gasteiger partial charge is 0.254 e. The highest BCUT2D eigenvalue weighted by atomic mass is 16.5. The zero-order valence-electron chi connectivity index (χ0n) is 16.0. The number of nitrogens with zero attached hydrogens (tertiary/aromatic N) is 2. The fourth-order valence-electron chi connectivity index (χ4n) is 2.74. The second-order valence-corrected chi connectivity index (χ2v) is 6.25. The number of aromatic nitrogens is 2. The monoisotopic (exact) mass is 392 g/mol. The summed E-state index contributed by atoms with van der Waals surface area (Å²) >= 11 is 0. The molecule has 29 heavy (non-hydrogen) atoms. The number of methoxy groups -OCH3 is 1. The zero-order chi connectivity index (χ0) is 20.8. The van der Waals surface area contributed by atoms with Gasteiger partial charge in [0, 0.05) is 24.2 Å². The van der Waals surface area contributed by atoms with E-state index in [1.807, 2.05) is 30.3 Å². The minimum absolute atomic E-state index is 0.214. The van der Waals surface area contributed by atoms with Crippen LogP contribution in [-0.2, 0) is 16.1 Å². The molecular formula is C21H20N4O4. The molecule has 2 N–H and O–H groups in total. The number of ether oxygens (including phenoxy) is 1. The normalized spacial score (nSPS) is 10.3. The van der Waals surface area contributed by atoms with Crippen LogP contribution in [-0.4, -0.2) is 28.5 Å². The van der Waals surface area contributed by atoms with Crippen molar-refractivity contribution < 1.29 is 14.3 Å². The highest BCUT2D eigenvalue weighted by molar-refractivity contribution is 5.94. The van der Waals surface area contributed by atoms with Gasteiger partial charge in [0.1, 0.15) is 12.3 Å². The van der Waals surface area contributed by atoms with E-state index in [-0.39, 0.29) is 18.0 Å². The van der Waals surface area contributed by atoms with E-state index in [1.54, 1.807) is 18.2 Å². The van der Waals surface area contributed by atoms with Crippen molar-refractivity contribution >= 4 is 23.2 Å². The Hall–Kier alpha value is -3.94. The van der Waals surface area contributed by atoms with Gasteiger partial charge in [0.2, 0.25) is 11.8 Å². The van der Waals surface area contributed by atoms with Crippen LogP contribution in [0.4, 0.5) is 11.4 Å². The summed E-state index contributed by atoms with van der Waals surface area (Å²) in [6.07, 6.45) is 1.34. The van der Waals surface area contributed by atoms with Gasteiger partial charge in [-0.25, -0.2) is 4.98 Å². The average Bonchev–Trinajstić information content (AvgIpc) is 2.70. The van der Waals surface area contributed by atoms with Crippen LogP contribution in [0.1, 0.15) is 6.92 Å². The van der Waals surface area contributed by atoms with Gasteiger partial charge in [-0.05, 0) is 18.2 Å². The molecule has 3 aromatic rings. The standard InChI is InChI=1S/C21H20N4O4/c1-14(26)23-16-8-9-19(29-2)18(10-16)24-20(27)12-25-13-22-17(11-21(25)28)15-6-4-3-5-7-15/h3-11,13H,12H2,1-2H3,(H,23,26)(H,24,27). The summed E-state index contributed by atoms with van der Waals surface area (Å²) in [5, 5.41) is 5.33. The largest absolute Gasteiger partial charge is 0.495 e. The van der Waals surface area contributed by atoms with Gasteiger partial charge >= 0.3 is 0 Å². The summed E-state index contributed by atoms with van der Waals surface area (Å²) in [4.78, 5) is 40.3. The first kappa shape index (κ1) is 19.8. The van der Waals surface area contributed by atoms with E-state index >= 15 is 0 Å². The van der Waals surface area contributed by atoms with Crippen molar-refractivity contribution in [3.8, 4) is 17.0 Å². The lowest BCUT2D eigenvalue weighted by Crippen LogP contribution is -2.27. The Morgan fingerprint density at radius 3 is 2.48 bits per heavy atom. The number of hydrogen-bond donors (Lipinski definition) is 2. The van der Waals surface area contributed by atoms with Gasteiger partial charge in [-0.3, -0.25) is 19.0 Å². The Labute approximate surface area is 167 Å². The van der Waals surface area contributed by atoms with Crippen LogP contribution in [0.3, 0.4) is 0 Å². The number of rotatable bonds is 6. The van der Waals surface area contributed by atoms with Crippen molar-refractivity contribution in [2.24, 2.45) is 0 Å². The molecule has 2 amide bonds. The highest BCUT2D eigenvalue weighted by Crippen LogP contribution is 2.27. The molecule has 0 saturated heterocycles. The molecule has 0 aliphatic carbocycles. The van der Waals surface area contributed by atoms with Crippen LogP contribution in [0.25, 0.3) is 11.3 Å². The zero-order valence-corrected chi connectivity index (χ0v) is 16.0. The van der Waals surface area contributed by atoms with Crippen LogP contribution < -0.4 is 20.9 Å². The first-order valence-electron chi connectivity index (χ1n) is 8.83. The number of benzene rings is 2. The Balaban J connectivity index is 1.76. The van der Waals surface area contributed by atoms with Crippen LogP contribution in [0.2, 0.25) is 0 Å². The van der Waals surface area contributed by atoms with Gasteiger partial charge in [-0.15, -0.1) is 0 Å². The summed E-state index contributed by atoms with van der Waals surface area (Å²) in [7, 11) is 1.47. The predicted molar refractivity (Wildman–Crippen MR) is 110 cm³/mol. The minimum Gasteiger partial charge on any atom is -0.495 e. The molecule has 0 unspecified atom stereocenters. The summed E-state index contributed by atoms with van der Waals surface area (Å²) in [6.45, 7) is 1.18. The van der Waals surface area contributed by atoms with Crippen LogP contribution in [0.15, 0.2) is 65.7 Å². The van der Waals surface area contributed by atoms with E-state index in [0.717, 1.165) is 5.56 Å². The van der Waals surface area contributed by atoms with Crippen LogP contribution >= 0.6 is 0 Å². The predicted octanol–water partition coefficient (Wildman–Crippen LogP) is 2.52. The molecule has 0 radical (unpaired) electrons. The fraction of sp³-hybridized carbons (Fsp3) is 0.143. The van der Waals surface area contributed by atoms with E-state index in [1.165, 1.54) is 31.0 Å². The van der Waals surface area contributed by atoms with Gasteiger partial charge in [-0.1, -0.05) is 30.3 Å². The Morgan fingerprint density at radius 1 is 1.07 bits per heavy atom. The average molecular weight is 392 g/mol. The second-order valence-electron chi connectivity index (χ2n) is 6.25. The molecule has 0 spiro atoms. The third-order valence-electron chi connectivity index (χ3n) is 4.06. The Kier molecular flexibility index (Phi) is 6.03. The molecule has 0 atom stereocenters. The molecule has 3 rings (SSSR count). The fourth-order valence-corrected chi connectivity index (χ4v) is 2.74. The van der Waals surface area contributed by atoms with Crippen LogP contribution in [0, 0.1) is 0 Å². The first-order chi connectivity index (χ1) is 14.0. The van der Waals surface area contributed by atoms with Crippen molar-refractivity contribution in [3.05, 3.63) is 71.3 Å². The quantitative estimate of drug-likeness (QED) is 0.671. The third-order valence-corrected chi connectivity index (χ3v) is 4.06. The lowest BCUT2D eigenvalue weighted by Gasteiger charge is -2.13. The number of anilines is 2. The first-order valence-corrected chi connectivity index (χ1v) is 8.83. The van der Waals surface area contributed by atoms with Gasteiger partial charge in [0.25, 0.3) is 5.56 Å².